The lowest BCUT2D eigenvalue weighted by Gasteiger charge is -2.18. The van der Waals surface area contributed by atoms with Gasteiger partial charge in [-0.2, -0.15) is 0 Å². The largest absolute Gasteiger partial charge is 0.299 e. The van der Waals surface area contributed by atoms with Crippen LogP contribution in [0.4, 0.5) is 0 Å². The molecule has 0 bridgehead atoms. The summed E-state index contributed by atoms with van der Waals surface area (Å²) < 4.78 is 0. The van der Waals surface area contributed by atoms with Gasteiger partial charge in [0.15, 0.2) is 0 Å². The van der Waals surface area contributed by atoms with Gasteiger partial charge < -0.3 is 0 Å². The smallest absolute Gasteiger partial charge is 0.136 e. The van der Waals surface area contributed by atoms with E-state index in [9.17, 15) is 4.79 Å². The Hall–Kier alpha value is -0.590. The van der Waals surface area contributed by atoms with E-state index in [1.54, 1.807) is 0 Å². The van der Waals surface area contributed by atoms with Crippen molar-refractivity contribution in [2.75, 3.05) is 0 Å². The minimum absolute atomic E-state index is 0.436. The second kappa shape index (κ2) is 2.95. The quantitative estimate of drug-likeness (QED) is 0.581. The number of ketones is 1. The van der Waals surface area contributed by atoms with Crippen molar-refractivity contribution >= 4 is 5.78 Å². The first-order valence-electron chi connectivity index (χ1n) is 5.98. The minimum atomic E-state index is 0.436. The maximum Gasteiger partial charge on any atom is 0.136 e. The Balaban J connectivity index is 1.96. The van der Waals surface area contributed by atoms with Gasteiger partial charge in [0.1, 0.15) is 5.78 Å². The van der Waals surface area contributed by atoms with E-state index < -0.39 is 0 Å². The molecule has 3 saturated carbocycles. The summed E-state index contributed by atoms with van der Waals surface area (Å²) in [4.78, 5) is 11.8. The standard InChI is InChI=1S/C13H18O/c1-2-8-9-4-3-5-10(9)13-11(8)6-7-12(13)14/h2,8-11,13H,1,3-7H2/t8?,9?,10?,11-,13-/m1/s1. The number of hydrogen-bond donors (Lipinski definition) is 0. The first-order chi connectivity index (χ1) is 6.83. The lowest BCUT2D eigenvalue weighted by molar-refractivity contribution is -0.122. The van der Waals surface area contributed by atoms with Gasteiger partial charge in [-0.1, -0.05) is 12.5 Å². The average molecular weight is 190 g/mol. The Bertz CT molecular complexity index is 281. The van der Waals surface area contributed by atoms with Gasteiger partial charge in [-0.15, -0.1) is 6.58 Å². The number of carbonyl (C=O) groups is 1. The van der Waals surface area contributed by atoms with Gasteiger partial charge in [-0.25, -0.2) is 0 Å². The third-order valence-corrected chi connectivity index (χ3v) is 4.90. The lowest BCUT2D eigenvalue weighted by Crippen LogP contribution is -2.17. The molecule has 1 nitrogen and oxygen atoms in total. The van der Waals surface area contributed by atoms with Gasteiger partial charge in [0, 0.05) is 12.3 Å². The van der Waals surface area contributed by atoms with Crippen molar-refractivity contribution in [3.63, 3.8) is 0 Å². The minimum Gasteiger partial charge on any atom is -0.299 e. The first kappa shape index (κ1) is 8.70. The number of allylic oxidation sites excluding steroid dienone is 1. The Morgan fingerprint density at radius 1 is 1.14 bits per heavy atom. The van der Waals surface area contributed by atoms with Crippen LogP contribution in [-0.2, 0) is 4.79 Å². The highest BCUT2D eigenvalue weighted by atomic mass is 16.1. The van der Waals surface area contributed by atoms with Crippen LogP contribution in [0.25, 0.3) is 0 Å². The summed E-state index contributed by atoms with van der Waals surface area (Å²) in [5, 5.41) is 0. The van der Waals surface area contributed by atoms with Crippen LogP contribution in [0.2, 0.25) is 0 Å². The highest BCUT2D eigenvalue weighted by Crippen LogP contribution is 2.58. The Morgan fingerprint density at radius 2 is 1.93 bits per heavy atom. The molecule has 5 atom stereocenters. The van der Waals surface area contributed by atoms with Crippen molar-refractivity contribution in [3.8, 4) is 0 Å². The molecule has 3 aliphatic carbocycles. The molecule has 3 aliphatic rings. The summed E-state index contributed by atoms with van der Waals surface area (Å²) >= 11 is 0. The molecular formula is C13H18O. The maximum absolute atomic E-state index is 11.8. The van der Waals surface area contributed by atoms with Crippen LogP contribution in [0.5, 0.6) is 0 Å². The van der Waals surface area contributed by atoms with Crippen molar-refractivity contribution in [2.24, 2.45) is 29.6 Å². The van der Waals surface area contributed by atoms with E-state index in [1.807, 2.05) is 0 Å². The summed E-state index contributed by atoms with van der Waals surface area (Å²) in [5.74, 6) is 3.89. The van der Waals surface area contributed by atoms with Crippen LogP contribution in [0.15, 0.2) is 12.7 Å². The number of rotatable bonds is 1. The van der Waals surface area contributed by atoms with Gasteiger partial charge in [0.25, 0.3) is 0 Å². The van der Waals surface area contributed by atoms with Crippen LogP contribution in [-0.4, -0.2) is 5.78 Å². The Labute approximate surface area is 85.6 Å². The normalized spacial score (nSPS) is 50.6. The highest BCUT2D eigenvalue weighted by Gasteiger charge is 2.55. The molecule has 3 fully saturated rings. The zero-order valence-electron chi connectivity index (χ0n) is 8.61. The summed E-state index contributed by atoms with van der Waals surface area (Å²) in [6.07, 6.45) is 8.14. The zero-order valence-corrected chi connectivity index (χ0v) is 8.61. The molecule has 1 heteroatoms. The lowest BCUT2D eigenvalue weighted by atomic mass is 9.87. The molecule has 0 amide bonds. The van der Waals surface area contributed by atoms with Crippen molar-refractivity contribution < 1.29 is 4.79 Å². The fourth-order valence-electron chi connectivity index (χ4n) is 4.49. The molecule has 14 heavy (non-hydrogen) atoms. The molecule has 0 heterocycles. The van der Waals surface area contributed by atoms with E-state index in [-0.39, 0.29) is 0 Å². The molecule has 0 radical (unpaired) electrons. The van der Waals surface area contributed by atoms with Crippen molar-refractivity contribution in [1.82, 2.24) is 0 Å². The molecule has 0 spiro atoms. The topological polar surface area (TPSA) is 17.1 Å². The first-order valence-corrected chi connectivity index (χ1v) is 5.98. The zero-order chi connectivity index (χ0) is 9.71. The van der Waals surface area contributed by atoms with Crippen LogP contribution in [0, 0.1) is 29.6 Å². The number of hydrogen-bond acceptors (Lipinski definition) is 1. The van der Waals surface area contributed by atoms with Crippen LogP contribution in [0.3, 0.4) is 0 Å². The fourth-order valence-corrected chi connectivity index (χ4v) is 4.49. The molecule has 3 unspecified atom stereocenters. The second-order valence-electron chi connectivity index (χ2n) is 5.27. The third-order valence-electron chi connectivity index (χ3n) is 4.90. The molecular weight excluding hydrogens is 172 g/mol. The fraction of sp³-hybridized carbons (Fsp3) is 0.769. The maximum atomic E-state index is 11.8. The molecule has 0 saturated heterocycles. The van der Waals surface area contributed by atoms with Gasteiger partial charge >= 0.3 is 0 Å². The van der Waals surface area contributed by atoms with Crippen molar-refractivity contribution in [2.45, 2.75) is 32.1 Å². The molecule has 0 N–H and O–H groups in total. The van der Waals surface area contributed by atoms with E-state index in [1.165, 1.54) is 19.3 Å². The molecule has 0 aliphatic heterocycles. The monoisotopic (exact) mass is 190 g/mol. The van der Waals surface area contributed by atoms with Crippen LogP contribution in [0.1, 0.15) is 32.1 Å². The van der Waals surface area contributed by atoms with Gasteiger partial charge in [-0.05, 0) is 42.9 Å². The molecule has 76 valence electrons. The molecule has 0 aromatic rings. The Morgan fingerprint density at radius 3 is 2.71 bits per heavy atom. The third kappa shape index (κ3) is 0.933. The SMILES string of the molecule is C=CC1C2CCCC2[C@H]2C(=O)CC[C@H]12. The summed E-state index contributed by atoms with van der Waals surface area (Å²) in [6, 6.07) is 0. The van der Waals surface area contributed by atoms with Crippen LogP contribution < -0.4 is 0 Å². The van der Waals surface area contributed by atoms with E-state index in [4.69, 9.17) is 0 Å². The molecule has 0 aromatic heterocycles. The number of carbonyl (C=O) groups excluding carboxylic acids is 1. The molecule has 0 aromatic carbocycles. The highest BCUT2D eigenvalue weighted by molar-refractivity contribution is 5.84. The summed E-state index contributed by atoms with van der Waals surface area (Å²) in [7, 11) is 0. The van der Waals surface area contributed by atoms with Gasteiger partial charge in [0.05, 0.1) is 0 Å². The van der Waals surface area contributed by atoms with Gasteiger partial charge in [-0.3, -0.25) is 4.79 Å². The van der Waals surface area contributed by atoms with E-state index >= 15 is 0 Å². The van der Waals surface area contributed by atoms with E-state index in [0.29, 0.717) is 23.5 Å². The summed E-state index contributed by atoms with van der Waals surface area (Å²) in [5.41, 5.74) is 0. The van der Waals surface area contributed by atoms with Crippen molar-refractivity contribution in [1.29, 1.82) is 0 Å². The number of fused-ring (bicyclic) bond motifs is 3. The van der Waals surface area contributed by atoms with E-state index in [2.05, 4.69) is 12.7 Å². The van der Waals surface area contributed by atoms with Crippen molar-refractivity contribution in [3.05, 3.63) is 12.7 Å². The predicted molar refractivity (Wildman–Crippen MR) is 55.7 cm³/mol. The van der Waals surface area contributed by atoms with Crippen LogP contribution >= 0.6 is 0 Å². The predicted octanol–water partition coefficient (Wildman–Crippen LogP) is 2.81. The average Bonchev–Trinajstić information content (AvgIpc) is 2.78. The van der Waals surface area contributed by atoms with Gasteiger partial charge in [0.2, 0.25) is 0 Å². The second-order valence-corrected chi connectivity index (χ2v) is 5.27. The Kier molecular flexibility index (Phi) is 1.83. The summed E-state index contributed by atoms with van der Waals surface area (Å²) in [6.45, 7) is 3.98. The number of Topliss-reactive ketones (excluding diaryl/α,β-unsaturated/α-hetero) is 1. The molecule has 3 rings (SSSR count). The van der Waals surface area contributed by atoms with E-state index in [0.717, 1.165) is 24.7 Å².